The molecule has 6 heteroatoms. The van der Waals surface area contributed by atoms with Gasteiger partial charge in [0.05, 0.1) is 5.56 Å². The van der Waals surface area contributed by atoms with Gasteiger partial charge in [0.1, 0.15) is 11.6 Å². The highest BCUT2D eigenvalue weighted by Crippen LogP contribution is 2.14. The van der Waals surface area contributed by atoms with Crippen LogP contribution in [0.1, 0.15) is 10.4 Å². The van der Waals surface area contributed by atoms with E-state index >= 15 is 0 Å². The molecule has 2 rings (SSSR count). The van der Waals surface area contributed by atoms with Crippen LogP contribution >= 0.6 is 11.6 Å². The molecule has 19 heavy (non-hydrogen) atoms. The van der Waals surface area contributed by atoms with Crippen molar-refractivity contribution in [3.63, 3.8) is 0 Å². The SMILES string of the molecule is O=C(c1ccc(F)cc1F)N1CCN(CCCl)CC1. The van der Waals surface area contributed by atoms with Crippen molar-refractivity contribution in [2.24, 2.45) is 0 Å². The Morgan fingerprint density at radius 3 is 2.47 bits per heavy atom. The fourth-order valence-corrected chi connectivity index (χ4v) is 2.37. The molecular formula is C13H15ClF2N2O. The lowest BCUT2D eigenvalue weighted by Gasteiger charge is -2.34. The average molecular weight is 289 g/mol. The molecule has 0 aliphatic carbocycles. The van der Waals surface area contributed by atoms with Gasteiger partial charge in [0.2, 0.25) is 0 Å². The highest BCUT2D eigenvalue weighted by molar-refractivity contribution is 6.18. The zero-order chi connectivity index (χ0) is 13.8. The maximum atomic E-state index is 13.5. The van der Waals surface area contributed by atoms with E-state index in [2.05, 4.69) is 4.90 Å². The highest BCUT2D eigenvalue weighted by Gasteiger charge is 2.23. The molecule has 0 spiro atoms. The molecule has 0 radical (unpaired) electrons. The lowest BCUT2D eigenvalue weighted by atomic mass is 10.1. The Hall–Kier alpha value is -1.20. The molecule has 1 aliphatic heterocycles. The summed E-state index contributed by atoms with van der Waals surface area (Å²) in [5.41, 5.74) is -0.0767. The van der Waals surface area contributed by atoms with Crippen molar-refractivity contribution < 1.29 is 13.6 Å². The Balaban J connectivity index is 2.01. The van der Waals surface area contributed by atoms with E-state index < -0.39 is 11.6 Å². The first-order valence-electron chi connectivity index (χ1n) is 6.14. The van der Waals surface area contributed by atoms with E-state index in [1.807, 2.05) is 0 Å². The molecule has 0 aromatic heterocycles. The number of amides is 1. The molecule has 0 saturated carbocycles. The minimum atomic E-state index is -0.812. The third-order valence-electron chi connectivity index (χ3n) is 3.22. The summed E-state index contributed by atoms with van der Waals surface area (Å²) in [7, 11) is 0. The molecule has 104 valence electrons. The largest absolute Gasteiger partial charge is 0.336 e. The number of alkyl halides is 1. The summed E-state index contributed by atoms with van der Waals surface area (Å²) < 4.78 is 26.3. The molecule has 0 N–H and O–H groups in total. The van der Waals surface area contributed by atoms with Gasteiger partial charge in [-0.3, -0.25) is 9.69 Å². The summed E-state index contributed by atoms with van der Waals surface area (Å²) in [5, 5.41) is 0. The normalized spacial score (nSPS) is 16.7. The third kappa shape index (κ3) is 3.42. The molecule has 1 aromatic rings. The average Bonchev–Trinajstić information content (AvgIpc) is 2.39. The second-order valence-corrected chi connectivity index (χ2v) is 4.82. The van der Waals surface area contributed by atoms with Crippen molar-refractivity contribution in [3.8, 4) is 0 Å². The van der Waals surface area contributed by atoms with Gasteiger partial charge in [-0.05, 0) is 12.1 Å². The molecule has 1 saturated heterocycles. The van der Waals surface area contributed by atoms with Gasteiger partial charge in [-0.15, -0.1) is 11.6 Å². The van der Waals surface area contributed by atoms with Crippen LogP contribution in [-0.2, 0) is 0 Å². The first-order chi connectivity index (χ1) is 9.11. The maximum Gasteiger partial charge on any atom is 0.256 e. The van der Waals surface area contributed by atoms with Crippen LogP contribution in [0, 0.1) is 11.6 Å². The Morgan fingerprint density at radius 2 is 1.89 bits per heavy atom. The van der Waals surface area contributed by atoms with Crippen LogP contribution in [0.2, 0.25) is 0 Å². The molecule has 0 bridgehead atoms. The lowest BCUT2D eigenvalue weighted by molar-refractivity contribution is 0.0639. The van der Waals surface area contributed by atoms with Crippen molar-refractivity contribution in [3.05, 3.63) is 35.4 Å². The Labute approximate surface area is 115 Å². The summed E-state index contributed by atoms with van der Waals surface area (Å²) in [4.78, 5) is 15.9. The zero-order valence-electron chi connectivity index (χ0n) is 10.4. The third-order valence-corrected chi connectivity index (χ3v) is 3.39. The van der Waals surface area contributed by atoms with E-state index in [-0.39, 0.29) is 11.5 Å². The number of hydrogen-bond acceptors (Lipinski definition) is 2. The number of piperazine rings is 1. The number of halogens is 3. The van der Waals surface area contributed by atoms with Crippen molar-refractivity contribution >= 4 is 17.5 Å². The number of nitrogens with zero attached hydrogens (tertiary/aromatic N) is 2. The lowest BCUT2D eigenvalue weighted by Crippen LogP contribution is -2.49. The molecule has 1 aromatic carbocycles. The van der Waals surface area contributed by atoms with Gasteiger partial charge < -0.3 is 4.90 Å². The zero-order valence-corrected chi connectivity index (χ0v) is 11.2. The molecule has 1 amide bonds. The van der Waals surface area contributed by atoms with E-state index in [9.17, 15) is 13.6 Å². The molecule has 3 nitrogen and oxygen atoms in total. The quantitative estimate of drug-likeness (QED) is 0.794. The van der Waals surface area contributed by atoms with Gasteiger partial charge in [-0.25, -0.2) is 8.78 Å². The predicted molar refractivity (Wildman–Crippen MR) is 69.4 cm³/mol. The van der Waals surface area contributed by atoms with Gasteiger partial charge in [0, 0.05) is 44.7 Å². The summed E-state index contributed by atoms with van der Waals surface area (Å²) in [6, 6.07) is 3.02. The van der Waals surface area contributed by atoms with Crippen LogP contribution in [0.3, 0.4) is 0 Å². The fourth-order valence-electron chi connectivity index (χ4n) is 2.13. The highest BCUT2D eigenvalue weighted by atomic mass is 35.5. The van der Waals surface area contributed by atoms with E-state index in [0.29, 0.717) is 19.0 Å². The van der Waals surface area contributed by atoms with Gasteiger partial charge in [-0.2, -0.15) is 0 Å². The van der Waals surface area contributed by atoms with Gasteiger partial charge in [-0.1, -0.05) is 0 Å². The predicted octanol–water partition coefficient (Wildman–Crippen LogP) is 1.96. The van der Waals surface area contributed by atoms with Crippen LogP contribution < -0.4 is 0 Å². The van der Waals surface area contributed by atoms with Crippen LogP contribution in [-0.4, -0.2) is 54.3 Å². The maximum absolute atomic E-state index is 13.5. The molecule has 0 unspecified atom stereocenters. The van der Waals surface area contributed by atoms with E-state index in [4.69, 9.17) is 11.6 Å². The monoisotopic (exact) mass is 288 g/mol. The van der Waals surface area contributed by atoms with Crippen LogP contribution in [0.25, 0.3) is 0 Å². The summed E-state index contributed by atoms with van der Waals surface area (Å²) in [5.74, 6) is -1.32. The Morgan fingerprint density at radius 1 is 1.21 bits per heavy atom. The smallest absolute Gasteiger partial charge is 0.256 e. The number of hydrogen-bond donors (Lipinski definition) is 0. The number of benzene rings is 1. The van der Waals surface area contributed by atoms with Crippen LogP contribution in [0.5, 0.6) is 0 Å². The van der Waals surface area contributed by atoms with Crippen molar-refractivity contribution in [1.29, 1.82) is 0 Å². The van der Waals surface area contributed by atoms with E-state index in [1.54, 1.807) is 4.90 Å². The van der Waals surface area contributed by atoms with Gasteiger partial charge in [0.15, 0.2) is 0 Å². The standard InChI is InChI=1S/C13H15ClF2N2O/c14-3-4-17-5-7-18(8-6-17)13(19)11-2-1-10(15)9-12(11)16/h1-2,9H,3-8H2. The summed E-state index contributed by atoms with van der Waals surface area (Å²) in [6.07, 6.45) is 0. The number of carbonyl (C=O) groups excluding carboxylic acids is 1. The van der Waals surface area contributed by atoms with E-state index in [0.717, 1.165) is 31.8 Å². The summed E-state index contributed by atoms with van der Waals surface area (Å²) in [6.45, 7) is 3.30. The molecule has 1 fully saturated rings. The molecule has 0 atom stereocenters. The molecule has 1 heterocycles. The van der Waals surface area contributed by atoms with Crippen molar-refractivity contribution in [1.82, 2.24) is 9.80 Å². The topological polar surface area (TPSA) is 23.6 Å². The molecule has 1 aliphatic rings. The first-order valence-corrected chi connectivity index (χ1v) is 6.68. The van der Waals surface area contributed by atoms with Crippen LogP contribution in [0.15, 0.2) is 18.2 Å². The number of carbonyl (C=O) groups is 1. The second-order valence-electron chi connectivity index (χ2n) is 4.45. The van der Waals surface area contributed by atoms with Gasteiger partial charge >= 0.3 is 0 Å². The first kappa shape index (κ1) is 14.2. The number of rotatable bonds is 3. The van der Waals surface area contributed by atoms with Crippen molar-refractivity contribution in [2.75, 3.05) is 38.6 Å². The Bertz CT molecular complexity index is 462. The van der Waals surface area contributed by atoms with E-state index in [1.165, 1.54) is 6.07 Å². The van der Waals surface area contributed by atoms with Crippen LogP contribution in [0.4, 0.5) is 8.78 Å². The van der Waals surface area contributed by atoms with Crippen molar-refractivity contribution in [2.45, 2.75) is 0 Å². The minimum absolute atomic E-state index is 0.0767. The fraction of sp³-hybridized carbons (Fsp3) is 0.462. The molecular weight excluding hydrogens is 274 g/mol. The second kappa shape index (κ2) is 6.30. The summed E-state index contributed by atoms with van der Waals surface area (Å²) >= 11 is 5.66. The van der Waals surface area contributed by atoms with Gasteiger partial charge in [0.25, 0.3) is 5.91 Å². The minimum Gasteiger partial charge on any atom is -0.336 e. The Kier molecular flexibility index (Phi) is 4.71.